The number of phenols is 1. The molecule has 0 aromatic heterocycles. The van der Waals surface area contributed by atoms with Crippen LogP contribution in [0, 0.1) is 11.8 Å². The van der Waals surface area contributed by atoms with Gasteiger partial charge in [-0.1, -0.05) is 0 Å². The third kappa shape index (κ3) is 4.50. The second-order valence-electron chi connectivity index (χ2n) is 10.1. The number of hydrogen-bond donors (Lipinski definition) is 2. The first-order chi connectivity index (χ1) is 19.8. The Morgan fingerprint density at radius 1 is 0.976 bits per heavy atom. The Bertz CT molecular complexity index is 1400. The van der Waals surface area contributed by atoms with Gasteiger partial charge in [0.1, 0.15) is 6.61 Å². The van der Waals surface area contributed by atoms with Gasteiger partial charge < -0.3 is 38.8 Å². The number of imide groups is 1. The molecule has 41 heavy (non-hydrogen) atoms. The number of hydrogen-bond acceptors (Lipinski definition) is 11. The van der Waals surface area contributed by atoms with Crippen LogP contribution in [0.4, 0.5) is 4.79 Å². The van der Waals surface area contributed by atoms with E-state index in [9.17, 15) is 24.3 Å². The molecule has 4 aliphatic rings. The van der Waals surface area contributed by atoms with Crippen molar-refractivity contribution < 1.29 is 52.7 Å². The molecule has 2 saturated heterocycles. The Balaban J connectivity index is 1.35. The van der Waals surface area contributed by atoms with E-state index >= 15 is 0 Å². The first-order valence-electron chi connectivity index (χ1n) is 13.1. The number of esters is 1. The standard InChI is InChI=1S/C28H28N2O11/c1-36-19-7-13(8-20(37-2)26(19)33)23-14-9-17-18(41-12-40-17)10-15(14)25(16-11-39-27(34)24(16)23)29-28(35)38-6-5-30-21(31)3-4-22(30)32/h7-10,16,23-25,33H,3-6,11-12H2,1-2H3,(H,29,35)/t16-,23+,24-,25+/m0/s1. The SMILES string of the molecule is COc1cc([C@@H]2c3cc4c(cc3[C@@H](NC(=O)OCCN3C(=O)CCC3=O)[C@H]3COC(=O)[C@H]23)OCO4)cc(OC)c1O. The van der Waals surface area contributed by atoms with Crippen LogP contribution < -0.4 is 24.3 Å². The van der Waals surface area contributed by atoms with E-state index in [0.717, 1.165) is 4.90 Å². The number of rotatable bonds is 7. The second-order valence-corrected chi connectivity index (χ2v) is 10.1. The number of cyclic esters (lactones) is 1. The molecule has 4 atom stereocenters. The average molecular weight is 569 g/mol. The number of alkyl carbamates (subject to hydrolysis) is 1. The van der Waals surface area contributed by atoms with Gasteiger partial charge in [0.05, 0.1) is 39.3 Å². The minimum Gasteiger partial charge on any atom is -0.502 e. The number of phenolic OH excluding ortho intramolecular Hbond substituents is 1. The first kappa shape index (κ1) is 26.5. The lowest BCUT2D eigenvalue weighted by atomic mass is 9.65. The number of benzene rings is 2. The number of fused-ring (bicyclic) bond motifs is 3. The lowest BCUT2D eigenvalue weighted by Crippen LogP contribution is -2.43. The number of carbonyl (C=O) groups excluding carboxylic acids is 4. The fourth-order valence-electron chi connectivity index (χ4n) is 6.11. The summed E-state index contributed by atoms with van der Waals surface area (Å²) in [5, 5.41) is 13.4. The highest BCUT2D eigenvalue weighted by Crippen LogP contribution is 2.55. The normalized spacial score (nSPS) is 24.0. The maximum Gasteiger partial charge on any atom is 0.407 e. The fourth-order valence-corrected chi connectivity index (χ4v) is 6.11. The van der Waals surface area contributed by atoms with Gasteiger partial charge in [-0.25, -0.2) is 4.79 Å². The zero-order valence-corrected chi connectivity index (χ0v) is 22.3. The predicted octanol–water partition coefficient (Wildman–Crippen LogP) is 1.99. The van der Waals surface area contributed by atoms with Gasteiger partial charge in [-0.15, -0.1) is 0 Å². The van der Waals surface area contributed by atoms with Gasteiger partial charge in [0.15, 0.2) is 23.0 Å². The van der Waals surface area contributed by atoms with Crippen molar-refractivity contribution in [3.8, 4) is 28.7 Å². The number of aromatic hydroxyl groups is 1. The van der Waals surface area contributed by atoms with Crippen molar-refractivity contribution in [2.75, 3.05) is 40.8 Å². The highest BCUT2D eigenvalue weighted by Gasteiger charge is 2.53. The summed E-state index contributed by atoms with van der Waals surface area (Å²) in [5.74, 6) is -1.67. The molecule has 2 fully saturated rings. The van der Waals surface area contributed by atoms with Gasteiger partial charge in [0, 0.05) is 24.7 Å². The zero-order valence-electron chi connectivity index (χ0n) is 22.3. The van der Waals surface area contributed by atoms with E-state index in [-0.39, 0.29) is 68.5 Å². The van der Waals surface area contributed by atoms with Crippen molar-refractivity contribution in [1.29, 1.82) is 0 Å². The maximum absolute atomic E-state index is 13.2. The van der Waals surface area contributed by atoms with E-state index < -0.39 is 35.9 Å². The van der Waals surface area contributed by atoms with Crippen LogP contribution in [0.3, 0.4) is 0 Å². The van der Waals surface area contributed by atoms with Gasteiger partial charge in [-0.3, -0.25) is 19.3 Å². The molecule has 13 nitrogen and oxygen atoms in total. The Kier molecular flexibility index (Phi) is 6.72. The van der Waals surface area contributed by atoms with Crippen molar-refractivity contribution in [2.24, 2.45) is 11.8 Å². The van der Waals surface area contributed by atoms with E-state index in [0.29, 0.717) is 28.2 Å². The minimum absolute atomic E-state index is 0.0206. The third-order valence-corrected chi connectivity index (χ3v) is 8.02. The Hall–Kier alpha value is -4.68. The summed E-state index contributed by atoms with van der Waals surface area (Å²) >= 11 is 0. The van der Waals surface area contributed by atoms with Crippen LogP contribution in [0.25, 0.3) is 0 Å². The number of amides is 3. The van der Waals surface area contributed by atoms with Gasteiger partial charge in [-0.05, 0) is 41.0 Å². The van der Waals surface area contributed by atoms with Crippen LogP contribution in [0.15, 0.2) is 24.3 Å². The molecule has 3 amide bonds. The van der Waals surface area contributed by atoms with Crippen molar-refractivity contribution in [3.63, 3.8) is 0 Å². The number of nitrogens with zero attached hydrogens (tertiary/aromatic N) is 1. The van der Waals surface area contributed by atoms with Crippen molar-refractivity contribution in [1.82, 2.24) is 10.2 Å². The monoisotopic (exact) mass is 568 g/mol. The smallest absolute Gasteiger partial charge is 0.407 e. The van der Waals surface area contributed by atoms with Gasteiger partial charge in [-0.2, -0.15) is 0 Å². The molecule has 2 N–H and O–H groups in total. The van der Waals surface area contributed by atoms with Crippen molar-refractivity contribution >= 4 is 23.9 Å². The zero-order chi connectivity index (χ0) is 28.8. The molecular formula is C28H28N2O11. The number of methoxy groups -OCH3 is 2. The highest BCUT2D eigenvalue weighted by molar-refractivity contribution is 6.01. The number of carbonyl (C=O) groups is 4. The maximum atomic E-state index is 13.2. The third-order valence-electron chi connectivity index (χ3n) is 8.02. The molecule has 216 valence electrons. The van der Waals surface area contributed by atoms with Gasteiger partial charge in [0.25, 0.3) is 0 Å². The van der Waals surface area contributed by atoms with E-state index in [1.54, 1.807) is 24.3 Å². The lowest BCUT2D eigenvalue weighted by Gasteiger charge is -2.39. The number of likely N-dealkylation sites (tertiary alicyclic amines) is 1. The summed E-state index contributed by atoms with van der Waals surface area (Å²) in [6, 6.07) is 6.13. The lowest BCUT2D eigenvalue weighted by molar-refractivity contribution is -0.142. The molecule has 0 unspecified atom stereocenters. The molecule has 0 bridgehead atoms. The molecule has 0 radical (unpaired) electrons. The molecule has 0 spiro atoms. The van der Waals surface area contributed by atoms with Crippen LogP contribution in [-0.4, -0.2) is 74.7 Å². The van der Waals surface area contributed by atoms with Crippen LogP contribution in [0.5, 0.6) is 28.7 Å². The Labute approximate surface area is 234 Å². The molecule has 13 heteroatoms. The van der Waals surface area contributed by atoms with E-state index in [1.165, 1.54) is 14.2 Å². The summed E-state index contributed by atoms with van der Waals surface area (Å²) in [6.07, 6.45) is -0.476. The highest BCUT2D eigenvalue weighted by atomic mass is 16.7. The van der Waals surface area contributed by atoms with Crippen LogP contribution in [-0.2, 0) is 23.9 Å². The predicted molar refractivity (Wildman–Crippen MR) is 137 cm³/mol. The Morgan fingerprint density at radius 2 is 1.61 bits per heavy atom. The van der Waals surface area contributed by atoms with Crippen LogP contribution in [0.1, 0.15) is 41.5 Å². The summed E-state index contributed by atoms with van der Waals surface area (Å²) in [5.41, 5.74) is 1.99. The molecule has 3 aliphatic heterocycles. The molecule has 2 aromatic carbocycles. The number of nitrogens with one attached hydrogen (secondary N) is 1. The molecule has 2 aromatic rings. The minimum atomic E-state index is -0.776. The van der Waals surface area contributed by atoms with Crippen molar-refractivity contribution in [3.05, 3.63) is 41.0 Å². The topological polar surface area (TPSA) is 159 Å². The second kappa shape index (κ2) is 10.4. The largest absolute Gasteiger partial charge is 0.502 e. The summed E-state index contributed by atoms with van der Waals surface area (Å²) < 4.78 is 32.8. The Morgan fingerprint density at radius 3 is 2.24 bits per heavy atom. The summed E-state index contributed by atoms with van der Waals surface area (Å²) in [7, 11) is 2.83. The first-order valence-corrected chi connectivity index (χ1v) is 13.1. The van der Waals surface area contributed by atoms with Gasteiger partial charge in [0.2, 0.25) is 24.4 Å². The average Bonchev–Trinajstić information content (AvgIpc) is 3.67. The van der Waals surface area contributed by atoms with E-state index in [2.05, 4.69) is 5.32 Å². The number of ether oxygens (including phenoxy) is 6. The van der Waals surface area contributed by atoms with E-state index in [1.807, 2.05) is 0 Å². The fraction of sp³-hybridized carbons (Fsp3) is 0.429. The molecular weight excluding hydrogens is 540 g/mol. The van der Waals surface area contributed by atoms with Crippen molar-refractivity contribution in [2.45, 2.75) is 24.8 Å². The van der Waals surface area contributed by atoms with Crippen LogP contribution in [0.2, 0.25) is 0 Å². The summed E-state index contributed by atoms with van der Waals surface area (Å²) in [6.45, 7) is -0.150. The molecule has 3 heterocycles. The molecule has 6 rings (SSSR count). The van der Waals surface area contributed by atoms with E-state index in [4.69, 9.17) is 28.4 Å². The molecule has 0 saturated carbocycles. The summed E-state index contributed by atoms with van der Waals surface area (Å²) in [4.78, 5) is 51.0. The van der Waals surface area contributed by atoms with Gasteiger partial charge >= 0.3 is 12.1 Å². The molecule has 1 aliphatic carbocycles. The van der Waals surface area contributed by atoms with Crippen LogP contribution >= 0.6 is 0 Å². The quantitative estimate of drug-likeness (QED) is 0.372.